The molecule has 0 spiro atoms. The van der Waals surface area contributed by atoms with Crippen molar-refractivity contribution in [2.45, 2.75) is 0 Å². The number of aromatic nitrogens is 2. The Bertz CT molecular complexity index is 623. The number of H-pyrrole nitrogens is 1. The number of hydrogen-bond acceptors (Lipinski definition) is 4. The lowest BCUT2D eigenvalue weighted by Crippen LogP contribution is -2.36. The monoisotopic (exact) mass is 280 g/mol. The van der Waals surface area contributed by atoms with Crippen LogP contribution in [0.5, 0.6) is 0 Å². The van der Waals surface area contributed by atoms with Crippen LogP contribution in [-0.2, 0) is 4.74 Å². The molecule has 0 radical (unpaired) electrons. The first-order chi connectivity index (χ1) is 9.65. The average molecular weight is 280 g/mol. The van der Waals surface area contributed by atoms with Gasteiger partial charge in [-0.1, -0.05) is 0 Å². The lowest BCUT2D eigenvalue weighted by atomic mass is 10.1. The number of nitrogens with one attached hydrogen (secondary N) is 1. The van der Waals surface area contributed by atoms with Crippen molar-refractivity contribution in [1.82, 2.24) is 10.2 Å². The molecule has 0 atom stereocenters. The van der Waals surface area contributed by atoms with Crippen LogP contribution in [-0.4, -0.2) is 36.5 Å². The Kier molecular flexibility index (Phi) is 3.27. The van der Waals surface area contributed by atoms with E-state index in [2.05, 4.69) is 10.2 Å². The number of rotatable bonds is 2. The molecular formula is C13H14F2N4O. The quantitative estimate of drug-likeness (QED) is 0.880. The van der Waals surface area contributed by atoms with Gasteiger partial charge in [0.1, 0.15) is 5.82 Å². The number of nitrogens with zero attached hydrogens (tertiary/aromatic N) is 2. The van der Waals surface area contributed by atoms with E-state index in [4.69, 9.17) is 10.5 Å². The summed E-state index contributed by atoms with van der Waals surface area (Å²) in [5.41, 5.74) is 7.27. The second kappa shape index (κ2) is 5.09. The van der Waals surface area contributed by atoms with E-state index in [9.17, 15) is 8.78 Å². The summed E-state index contributed by atoms with van der Waals surface area (Å²) in [5.74, 6) is -1.47. The molecule has 1 aliphatic rings. The second-order valence-electron chi connectivity index (χ2n) is 4.59. The highest BCUT2D eigenvalue weighted by Gasteiger charge is 2.19. The summed E-state index contributed by atoms with van der Waals surface area (Å²) in [6.45, 7) is 2.37. The van der Waals surface area contributed by atoms with Crippen molar-refractivity contribution in [1.29, 1.82) is 0 Å². The maximum atomic E-state index is 13.6. The minimum Gasteiger partial charge on any atom is -0.382 e. The zero-order valence-electron chi connectivity index (χ0n) is 10.7. The van der Waals surface area contributed by atoms with Crippen LogP contribution in [0.3, 0.4) is 0 Å². The highest BCUT2D eigenvalue weighted by atomic mass is 19.2. The Labute approximate surface area is 114 Å². The Morgan fingerprint density at radius 1 is 1.15 bits per heavy atom. The van der Waals surface area contributed by atoms with Crippen molar-refractivity contribution < 1.29 is 13.5 Å². The summed E-state index contributed by atoms with van der Waals surface area (Å²) in [5, 5.41) is 6.55. The maximum Gasteiger partial charge on any atom is 0.160 e. The Hall–Kier alpha value is -2.15. The van der Waals surface area contributed by atoms with Crippen LogP contribution in [0, 0.1) is 11.6 Å². The van der Waals surface area contributed by atoms with Crippen molar-refractivity contribution in [3.63, 3.8) is 0 Å². The van der Waals surface area contributed by atoms with Crippen LogP contribution in [0.25, 0.3) is 11.3 Å². The lowest BCUT2D eigenvalue weighted by Gasteiger charge is -2.30. The molecule has 0 bridgehead atoms. The normalized spacial score (nSPS) is 15.6. The third kappa shape index (κ3) is 2.32. The molecule has 3 N–H and O–H groups in total. The first kappa shape index (κ1) is 12.9. The fraction of sp³-hybridized carbons (Fsp3) is 0.308. The highest BCUT2D eigenvalue weighted by Crippen LogP contribution is 2.33. The van der Waals surface area contributed by atoms with Crippen LogP contribution in [0.2, 0.25) is 0 Å². The Balaban J connectivity index is 2.08. The lowest BCUT2D eigenvalue weighted by molar-refractivity contribution is 0.122. The molecule has 0 unspecified atom stereocenters. The maximum absolute atomic E-state index is 13.6. The topological polar surface area (TPSA) is 67.2 Å². The Morgan fingerprint density at radius 3 is 2.50 bits per heavy atom. The van der Waals surface area contributed by atoms with Gasteiger partial charge in [0.25, 0.3) is 0 Å². The van der Waals surface area contributed by atoms with E-state index >= 15 is 0 Å². The van der Waals surface area contributed by atoms with Gasteiger partial charge in [0.15, 0.2) is 11.6 Å². The minimum absolute atomic E-state index is 0.303. The molecular weight excluding hydrogens is 266 g/mol. The van der Waals surface area contributed by atoms with E-state index in [1.54, 1.807) is 6.07 Å². The van der Waals surface area contributed by atoms with Gasteiger partial charge < -0.3 is 15.4 Å². The summed E-state index contributed by atoms with van der Waals surface area (Å²) in [4.78, 5) is 1.96. The van der Waals surface area contributed by atoms with E-state index in [0.717, 1.165) is 6.07 Å². The smallest absolute Gasteiger partial charge is 0.160 e. The molecule has 0 saturated carbocycles. The average Bonchev–Trinajstić information content (AvgIpc) is 2.89. The molecule has 5 nitrogen and oxygen atoms in total. The number of aromatic amines is 1. The third-order valence-corrected chi connectivity index (χ3v) is 3.28. The highest BCUT2D eigenvalue weighted by molar-refractivity contribution is 5.77. The van der Waals surface area contributed by atoms with Gasteiger partial charge in [-0.05, 0) is 6.07 Å². The van der Waals surface area contributed by atoms with E-state index in [1.807, 2.05) is 4.90 Å². The second-order valence-corrected chi connectivity index (χ2v) is 4.59. The van der Waals surface area contributed by atoms with Gasteiger partial charge in [0.05, 0.1) is 18.9 Å². The molecule has 2 heterocycles. The molecule has 20 heavy (non-hydrogen) atoms. The summed E-state index contributed by atoms with van der Waals surface area (Å²) >= 11 is 0. The number of hydrogen-bond donors (Lipinski definition) is 2. The fourth-order valence-electron chi connectivity index (χ4n) is 2.29. The number of benzene rings is 1. The number of nitrogen functional groups attached to an aromatic ring is 1. The first-order valence-corrected chi connectivity index (χ1v) is 6.28. The largest absolute Gasteiger partial charge is 0.382 e. The van der Waals surface area contributed by atoms with Crippen LogP contribution < -0.4 is 10.6 Å². The zero-order valence-corrected chi connectivity index (χ0v) is 10.7. The van der Waals surface area contributed by atoms with Gasteiger partial charge in [-0.3, -0.25) is 5.10 Å². The van der Waals surface area contributed by atoms with Crippen molar-refractivity contribution in [2.24, 2.45) is 0 Å². The van der Waals surface area contributed by atoms with Crippen molar-refractivity contribution in [3.8, 4) is 11.3 Å². The predicted molar refractivity (Wildman–Crippen MR) is 71.4 cm³/mol. The molecule has 106 valence electrons. The number of nitrogens with two attached hydrogens (primary N) is 1. The molecule has 1 aromatic carbocycles. The van der Waals surface area contributed by atoms with Crippen molar-refractivity contribution >= 4 is 11.5 Å². The first-order valence-electron chi connectivity index (χ1n) is 6.28. The fourth-order valence-corrected chi connectivity index (χ4v) is 2.29. The van der Waals surface area contributed by atoms with Crippen LogP contribution >= 0.6 is 0 Å². The summed E-state index contributed by atoms with van der Waals surface area (Å²) in [6.07, 6.45) is 0. The molecule has 1 fully saturated rings. The predicted octanol–water partition coefficient (Wildman–Crippen LogP) is 1.77. The molecule has 1 aliphatic heterocycles. The number of morpholine rings is 1. The number of ether oxygens (including phenoxy) is 1. The molecule has 0 amide bonds. The van der Waals surface area contributed by atoms with E-state index < -0.39 is 11.6 Å². The summed E-state index contributed by atoms with van der Waals surface area (Å²) in [6, 6.07) is 3.96. The van der Waals surface area contributed by atoms with E-state index in [0.29, 0.717) is 49.1 Å². The molecule has 2 aromatic rings. The van der Waals surface area contributed by atoms with E-state index in [1.165, 1.54) is 6.07 Å². The standard InChI is InChI=1S/C13H14F2N4O/c14-9-5-8(11-7-13(16)18-17-11)12(6-10(9)15)19-1-3-20-4-2-19/h5-7H,1-4H2,(H3,16,17,18). The minimum atomic E-state index is -0.898. The van der Waals surface area contributed by atoms with Gasteiger partial charge in [-0.2, -0.15) is 5.10 Å². The molecule has 3 rings (SSSR count). The van der Waals surface area contributed by atoms with Gasteiger partial charge in [0, 0.05) is 36.5 Å². The van der Waals surface area contributed by atoms with Gasteiger partial charge in [0.2, 0.25) is 0 Å². The van der Waals surface area contributed by atoms with Gasteiger partial charge >= 0.3 is 0 Å². The van der Waals surface area contributed by atoms with E-state index in [-0.39, 0.29) is 0 Å². The SMILES string of the molecule is Nc1cc(-c2cc(F)c(F)cc2N2CCOCC2)[nH]n1. The third-order valence-electron chi connectivity index (χ3n) is 3.28. The molecule has 1 aromatic heterocycles. The summed E-state index contributed by atoms with van der Waals surface area (Å²) < 4.78 is 32.4. The van der Waals surface area contributed by atoms with Crippen LogP contribution in [0.4, 0.5) is 20.3 Å². The molecule has 0 aliphatic carbocycles. The van der Waals surface area contributed by atoms with Crippen molar-refractivity contribution in [3.05, 3.63) is 29.8 Å². The zero-order chi connectivity index (χ0) is 14.1. The van der Waals surface area contributed by atoms with Crippen LogP contribution in [0.15, 0.2) is 18.2 Å². The molecule has 1 saturated heterocycles. The number of anilines is 2. The van der Waals surface area contributed by atoms with Crippen LogP contribution in [0.1, 0.15) is 0 Å². The van der Waals surface area contributed by atoms with Gasteiger partial charge in [-0.25, -0.2) is 8.78 Å². The number of halogens is 2. The van der Waals surface area contributed by atoms with Crippen molar-refractivity contribution in [2.75, 3.05) is 36.9 Å². The van der Waals surface area contributed by atoms with Gasteiger partial charge in [-0.15, -0.1) is 0 Å². The summed E-state index contributed by atoms with van der Waals surface area (Å²) in [7, 11) is 0. The molecule has 7 heteroatoms. The Morgan fingerprint density at radius 2 is 1.85 bits per heavy atom.